The summed E-state index contributed by atoms with van der Waals surface area (Å²) in [4.78, 5) is 12.1. The van der Waals surface area contributed by atoms with Crippen molar-refractivity contribution >= 4 is 29.3 Å². The molecular formula is C19H23ClN2OS. The molecule has 1 atom stereocenters. The van der Waals surface area contributed by atoms with Crippen LogP contribution in [0, 0.1) is 0 Å². The van der Waals surface area contributed by atoms with E-state index in [0.717, 1.165) is 23.6 Å². The van der Waals surface area contributed by atoms with Crippen molar-refractivity contribution in [1.82, 2.24) is 10.6 Å². The number of carbonyl (C=O) groups excluding carboxylic acids is 1. The zero-order valence-corrected chi connectivity index (χ0v) is 15.4. The Kier molecular flexibility index (Phi) is 8.16. The topological polar surface area (TPSA) is 41.1 Å². The maximum Gasteiger partial charge on any atom is 0.230 e. The molecule has 0 aliphatic carbocycles. The summed E-state index contributed by atoms with van der Waals surface area (Å²) in [6, 6.07) is 18.1. The Morgan fingerprint density at radius 2 is 1.71 bits per heavy atom. The summed E-state index contributed by atoms with van der Waals surface area (Å²) in [7, 11) is 1.91. The van der Waals surface area contributed by atoms with E-state index in [1.807, 2.05) is 49.5 Å². The van der Waals surface area contributed by atoms with Crippen LogP contribution in [-0.4, -0.2) is 31.8 Å². The average molecular weight is 363 g/mol. The second kappa shape index (κ2) is 10.4. The molecule has 2 rings (SSSR count). The highest BCUT2D eigenvalue weighted by Gasteiger charge is 2.16. The fourth-order valence-corrected chi connectivity index (χ4v) is 3.60. The molecule has 0 saturated heterocycles. The second-order valence-electron chi connectivity index (χ2n) is 5.46. The van der Waals surface area contributed by atoms with Crippen LogP contribution >= 0.6 is 23.4 Å². The SMILES string of the molecule is CNCCCNC(=O)CSC(c1ccccc1)c1ccc(Cl)cc1. The van der Waals surface area contributed by atoms with Gasteiger partial charge in [-0.3, -0.25) is 4.79 Å². The highest BCUT2D eigenvalue weighted by molar-refractivity contribution is 8.00. The number of benzene rings is 2. The molecule has 5 heteroatoms. The molecule has 0 fully saturated rings. The van der Waals surface area contributed by atoms with Crippen LogP contribution in [0.1, 0.15) is 22.8 Å². The molecule has 0 aliphatic heterocycles. The molecule has 2 aromatic rings. The lowest BCUT2D eigenvalue weighted by Gasteiger charge is -2.18. The van der Waals surface area contributed by atoms with E-state index < -0.39 is 0 Å². The molecule has 3 nitrogen and oxygen atoms in total. The number of nitrogens with one attached hydrogen (secondary N) is 2. The van der Waals surface area contributed by atoms with Crippen molar-refractivity contribution < 1.29 is 4.79 Å². The molecule has 128 valence electrons. The van der Waals surface area contributed by atoms with Crippen molar-refractivity contribution in [2.24, 2.45) is 0 Å². The summed E-state index contributed by atoms with van der Waals surface area (Å²) >= 11 is 7.63. The summed E-state index contributed by atoms with van der Waals surface area (Å²) in [5, 5.41) is 6.87. The molecule has 1 amide bonds. The summed E-state index contributed by atoms with van der Waals surface area (Å²) in [6.45, 7) is 1.61. The maximum atomic E-state index is 12.1. The number of hydrogen-bond acceptors (Lipinski definition) is 3. The normalized spacial score (nSPS) is 11.9. The molecule has 0 spiro atoms. The predicted octanol–water partition coefficient (Wildman–Crippen LogP) is 3.89. The molecule has 2 N–H and O–H groups in total. The van der Waals surface area contributed by atoms with E-state index in [4.69, 9.17) is 11.6 Å². The molecule has 0 saturated carbocycles. The van der Waals surface area contributed by atoms with Crippen molar-refractivity contribution in [3.05, 3.63) is 70.7 Å². The molecule has 0 aliphatic rings. The maximum absolute atomic E-state index is 12.1. The van der Waals surface area contributed by atoms with Crippen LogP contribution in [0.4, 0.5) is 0 Å². The Labute approximate surface area is 153 Å². The first kappa shape index (κ1) is 18.8. The van der Waals surface area contributed by atoms with Crippen molar-refractivity contribution in [2.75, 3.05) is 25.9 Å². The van der Waals surface area contributed by atoms with Gasteiger partial charge in [-0.2, -0.15) is 0 Å². The van der Waals surface area contributed by atoms with E-state index in [2.05, 4.69) is 22.8 Å². The van der Waals surface area contributed by atoms with Gasteiger partial charge in [0.1, 0.15) is 0 Å². The van der Waals surface area contributed by atoms with Crippen LogP contribution in [0.25, 0.3) is 0 Å². The number of rotatable bonds is 9. The van der Waals surface area contributed by atoms with Gasteiger partial charge in [-0.15, -0.1) is 11.8 Å². The van der Waals surface area contributed by atoms with Gasteiger partial charge in [0.25, 0.3) is 0 Å². The Balaban J connectivity index is 1.99. The highest BCUT2D eigenvalue weighted by Crippen LogP contribution is 2.35. The third-order valence-corrected chi connectivity index (χ3v) is 5.14. The monoisotopic (exact) mass is 362 g/mol. The smallest absolute Gasteiger partial charge is 0.230 e. The lowest BCUT2D eigenvalue weighted by Crippen LogP contribution is -2.28. The third-order valence-electron chi connectivity index (χ3n) is 3.58. The zero-order valence-electron chi connectivity index (χ0n) is 13.8. The minimum absolute atomic E-state index is 0.0750. The molecule has 0 bridgehead atoms. The minimum atomic E-state index is 0.0750. The fraction of sp³-hybridized carbons (Fsp3) is 0.316. The van der Waals surface area contributed by atoms with E-state index in [9.17, 15) is 4.79 Å². The number of thioether (sulfide) groups is 1. The summed E-state index contributed by atoms with van der Waals surface area (Å²) in [5.74, 6) is 0.507. The van der Waals surface area contributed by atoms with E-state index in [-0.39, 0.29) is 11.2 Å². The zero-order chi connectivity index (χ0) is 17.2. The van der Waals surface area contributed by atoms with Crippen molar-refractivity contribution in [1.29, 1.82) is 0 Å². The van der Waals surface area contributed by atoms with E-state index >= 15 is 0 Å². The molecule has 2 aromatic carbocycles. The Hall–Kier alpha value is -1.49. The van der Waals surface area contributed by atoms with Gasteiger partial charge < -0.3 is 10.6 Å². The summed E-state index contributed by atoms with van der Waals surface area (Å²) in [6.07, 6.45) is 0.937. The Bertz CT molecular complexity index is 619. The van der Waals surface area contributed by atoms with Gasteiger partial charge in [-0.05, 0) is 43.3 Å². The van der Waals surface area contributed by atoms with Crippen LogP contribution in [0.3, 0.4) is 0 Å². The first-order chi connectivity index (χ1) is 11.7. The highest BCUT2D eigenvalue weighted by atomic mass is 35.5. The number of hydrogen-bond donors (Lipinski definition) is 2. The van der Waals surface area contributed by atoms with Crippen LogP contribution in [0.5, 0.6) is 0 Å². The molecule has 0 radical (unpaired) electrons. The third kappa shape index (κ3) is 6.19. The van der Waals surface area contributed by atoms with E-state index in [1.54, 1.807) is 11.8 Å². The van der Waals surface area contributed by atoms with Gasteiger partial charge in [0.05, 0.1) is 11.0 Å². The first-order valence-corrected chi connectivity index (χ1v) is 9.46. The first-order valence-electron chi connectivity index (χ1n) is 8.04. The summed E-state index contributed by atoms with van der Waals surface area (Å²) in [5.41, 5.74) is 2.34. The van der Waals surface area contributed by atoms with Crippen LogP contribution in [0.2, 0.25) is 5.02 Å². The van der Waals surface area contributed by atoms with Crippen LogP contribution < -0.4 is 10.6 Å². The summed E-state index contributed by atoms with van der Waals surface area (Å²) < 4.78 is 0. The van der Waals surface area contributed by atoms with E-state index in [1.165, 1.54) is 5.56 Å². The Morgan fingerprint density at radius 1 is 1.04 bits per heavy atom. The minimum Gasteiger partial charge on any atom is -0.355 e. The van der Waals surface area contributed by atoms with Crippen LogP contribution in [0.15, 0.2) is 54.6 Å². The number of carbonyl (C=O) groups is 1. The quantitative estimate of drug-likeness (QED) is 0.665. The predicted molar refractivity (Wildman–Crippen MR) is 104 cm³/mol. The van der Waals surface area contributed by atoms with Gasteiger partial charge in [-0.25, -0.2) is 0 Å². The van der Waals surface area contributed by atoms with Crippen molar-refractivity contribution in [3.63, 3.8) is 0 Å². The van der Waals surface area contributed by atoms with Gasteiger partial charge in [0.15, 0.2) is 0 Å². The lowest BCUT2D eigenvalue weighted by molar-refractivity contribution is -0.118. The van der Waals surface area contributed by atoms with Gasteiger partial charge in [0.2, 0.25) is 5.91 Å². The average Bonchev–Trinajstić information content (AvgIpc) is 2.61. The van der Waals surface area contributed by atoms with Gasteiger partial charge >= 0.3 is 0 Å². The Morgan fingerprint density at radius 3 is 2.38 bits per heavy atom. The molecule has 0 aromatic heterocycles. The van der Waals surface area contributed by atoms with Crippen molar-refractivity contribution in [3.8, 4) is 0 Å². The fourth-order valence-electron chi connectivity index (χ4n) is 2.35. The molecule has 24 heavy (non-hydrogen) atoms. The van der Waals surface area contributed by atoms with Gasteiger partial charge in [0, 0.05) is 11.6 Å². The second-order valence-corrected chi connectivity index (χ2v) is 6.99. The van der Waals surface area contributed by atoms with Gasteiger partial charge in [-0.1, -0.05) is 54.1 Å². The van der Waals surface area contributed by atoms with Crippen molar-refractivity contribution in [2.45, 2.75) is 11.7 Å². The molecule has 0 heterocycles. The number of amides is 1. The largest absolute Gasteiger partial charge is 0.355 e. The lowest BCUT2D eigenvalue weighted by atomic mass is 10.0. The van der Waals surface area contributed by atoms with Crippen LogP contribution in [-0.2, 0) is 4.79 Å². The molecule has 1 unspecified atom stereocenters. The standard InChI is InChI=1S/C19H23ClN2OS/c1-21-12-5-13-22-18(23)14-24-19(15-6-3-2-4-7-15)16-8-10-17(20)11-9-16/h2-4,6-11,19,21H,5,12-14H2,1H3,(H,22,23). The van der Waals surface area contributed by atoms with E-state index in [0.29, 0.717) is 12.3 Å². The molecular weight excluding hydrogens is 340 g/mol. The number of halogens is 1.